The minimum absolute atomic E-state index is 0.140. The number of nitrogens with zero attached hydrogens (tertiary/aromatic N) is 4. The van der Waals surface area contributed by atoms with Gasteiger partial charge < -0.3 is 14.6 Å². The minimum atomic E-state index is -0.620. The van der Waals surface area contributed by atoms with Crippen molar-refractivity contribution in [3.63, 3.8) is 0 Å². The van der Waals surface area contributed by atoms with E-state index in [0.717, 1.165) is 17.8 Å². The number of aryl methyl sites for hydroxylation is 1. The average molecular weight is 422 g/mol. The van der Waals surface area contributed by atoms with Gasteiger partial charge in [-0.15, -0.1) is 10.2 Å². The van der Waals surface area contributed by atoms with E-state index in [9.17, 15) is 9.59 Å². The summed E-state index contributed by atoms with van der Waals surface area (Å²) in [5, 5.41) is 10.9. The van der Waals surface area contributed by atoms with Crippen LogP contribution in [0.2, 0.25) is 0 Å². The number of hydrogen-bond acceptors (Lipinski definition) is 6. The Balaban J connectivity index is 1.71. The van der Waals surface area contributed by atoms with Crippen molar-refractivity contribution in [1.82, 2.24) is 19.7 Å². The molecular formula is C23H27N5O3. The van der Waals surface area contributed by atoms with Crippen LogP contribution in [-0.4, -0.2) is 37.2 Å². The number of ether oxygens (including phenoxy) is 1. The Morgan fingerprint density at radius 2 is 1.97 bits per heavy atom. The maximum absolute atomic E-state index is 12.7. The van der Waals surface area contributed by atoms with Crippen molar-refractivity contribution in [1.29, 1.82) is 0 Å². The third-order valence-corrected chi connectivity index (χ3v) is 4.63. The molecule has 0 saturated carbocycles. The van der Waals surface area contributed by atoms with Gasteiger partial charge in [0.15, 0.2) is 0 Å². The maximum Gasteiger partial charge on any atom is 0.338 e. The third-order valence-electron chi connectivity index (χ3n) is 4.63. The molecule has 0 fully saturated rings. The predicted molar refractivity (Wildman–Crippen MR) is 117 cm³/mol. The highest BCUT2D eigenvalue weighted by molar-refractivity contribution is 6.04. The first-order valence-corrected chi connectivity index (χ1v) is 10.1. The third kappa shape index (κ3) is 5.97. The lowest BCUT2D eigenvalue weighted by molar-refractivity contribution is 0.00693. The SMILES string of the molecule is CC(Cc1nncn1C)c1cccc(NC(=O)c2cc(C(=O)OC(C)(C)C)ccn2)c1. The van der Waals surface area contributed by atoms with E-state index in [1.165, 1.54) is 18.3 Å². The average Bonchev–Trinajstić information content (AvgIpc) is 3.11. The van der Waals surface area contributed by atoms with E-state index in [2.05, 4.69) is 27.4 Å². The van der Waals surface area contributed by atoms with E-state index >= 15 is 0 Å². The molecule has 0 aliphatic carbocycles. The topological polar surface area (TPSA) is 99.0 Å². The molecule has 0 spiro atoms. The summed E-state index contributed by atoms with van der Waals surface area (Å²) in [5.74, 6) is 0.186. The van der Waals surface area contributed by atoms with Crippen molar-refractivity contribution in [3.05, 3.63) is 71.6 Å². The van der Waals surface area contributed by atoms with Crippen LogP contribution >= 0.6 is 0 Å². The van der Waals surface area contributed by atoms with E-state index in [4.69, 9.17) is 4.74 Å². The fourth-order valence-electron chi connectivity index (χ4n) is 3.02. The highest BCUT2D eigenvalue weighted by Gasteiger charge is 2.19. The Morgan fingerprint density at radius 3 is 2.65 bits per heavy atom. The fraction of sp³-hybridized carbons (Fsp3) is 0.348. The molecule has 1 atom stereocenters. The Kier molecular flexibility index (Phi) is 6.48. The number of aromatic nitrogens is 4. The van der Waals surface area contributed by atoms with Crippen LogP contribution in [0.5, 0.6) is 0 Å². The molecule has 2 aromatic heterocycles. The quantitative estimate of drug-likeness (QED) is 0.609. The standard InChI is InChI=1S/C23H27N5O3/c1-15(11-20-27-25-14-28(20)5)16-7-6-8-18(12-16)26-21(29)19-13-17(9-10-24-19)22(30)31-23(2,3)4/h6-10,12-15H,11H2,1-5H3,(H,26,29). The summed E-state index contributed by atoms with van der Waals surface area (Å²) in [6, 6.07) is 10.6. The lowest BCUT2D eigenvalue weighted by atomic mass is 9.97. The normalized spacial score (nSPS) is 12.3. The number of anilines is 1. The number of carbonyl (C=O) groups is 2. The molecule has 0 aliphatic heterocycles. The minimum Gasteiger partial charge on any atom is -0.456 e. The summed E-state index contributed by atoms with van der Waals surface area (Å²) in [6.07, 6.45) is 3.83. The van der Waals surface area contributed by atoms with Crippen LogP contribution in [0.15, 0.2) is 48.9 Å². The molecular weight excluding hydrogens is 394 g/mol. The zero-order chi connectivity index (χ0) is 22.6. The van der Waals surface area contributed by atoms with Gasteiger partial charge in [-0.3, -0.25) is 9.78 Å². The number of esters is 1. The number of pyridine rings is 1. The first kappa shape index (κ1) is 22.1. The number of hydrogen-bond donors (Lipinski definition) is 1. The van der Waals surface area contributed by atoms with Crippen LogP contribution in [0.4, 0.5) is 5.69 Å². The first-order chi connectivity index (χ1) is 14.6. The molecule has 1 aromatic carbocycles. The highest BCUT2D eigenvalue weighted by Crippen LogP contribution is 2.23. The second-order valence-corrected chi connectivity index (χ2v) is 8.47. The van der Waals surface area contributed by atoms with Crippen molar-refractivity contribution in [2.75, 3.05) is 5.32 Å². The van der Waals surface area contributed by atoms with Crippen LogP contribution in [0, 0.1) is 0 Å². The van der Waals surface area contributed by atoms with E-state index < -0.39 is 17.5 Å². The van der Waals surface area contributed by atoms with E-state index in [1.54, 1.807) is 27.1 Å². The van der Waals surface area contributed by atoms with E-state index in [1.807, 2.05) is 35.9 Å². The number of amides is 1. The second kappa shape index (κ2) is 9.07. The molecule has 0 radical (unpaired) electrons. The van der Waals surface area contributed by atoms with Gasteiger partial charge in [0.05, 0.1) is 5.56 Å². The van der Waals surface area contributed by atoms with Crippen LogP contribution in [-0.2, 0) is 18.2 Å². The molecule has 8 heteroatoms. The molecule has 2 heterocycles. The van der Waals surface area contributed by atoms with E-state index in [0.29, 0.717) is 5.69 Å². The predicted octanol–water partition coefficient (Wildman–Crippen LogP) is 3.76. The lowest BCUT2D eigenvalue weighted by Crippen LogP contribution is -2.24. The molecule has 0 aliphatic rings. The van der Waals surface area contributed by atoms with Gasteiger partial charge in [-0.2, -0.15) is 0 Å². The van der Waals surface area contributed by atoms with Gasteiger partial charge in [-0.1, -0.05) is 19.1 Å². The summed E-state index contributed by atoms with van der Waals surface area (Å²) < 4.78 is 7.25. The van der Waals surface area contributed by atoms with Gasteiger partial charge in [0.25, 0.3) is 5.91 Å². The Bertz CT molecular complexity index is 1080. The van der Waals surface area contributed by atoms with E-state index in [-0.39, 0.29) is 17.2 Å². The van der Waals surface area contributed by atoms with Crippen LogP contribution in [0.3, 0.4) is 0 Å². The zero-order valence-corrected chi connectivity index (χ0v) is 18.4. The van der Waals surface area contributed by atoms with Crippen molar-refractivity contribution in [2.24, 2.45) is 7.05 Å². The maximum atomic E-state index is 12.7. The summed E-state index contributed by atoms with van der Waals surface area (Å²) in [7, 11) is 1.91. The molecule has 0 saturated heterocycles. The van der Waals surface area contributed by atoms with Crippen molar-refractivity contribution < 1.29 is 14.3 Å². The van der Waals surface area contributed by atoms with Crippen LogP contribution < -0.4 is 5.32 Å². The lowest BCUT2D eigenvalue weighted by Gasteiger charge is -2.19. The summed E-state index contributed by atoms with van der Waals surface area (Å²) in [5.41, 5.74) is 1.51. The molecule has 0 bridgehead atoms. The van der Waals surface area contributed by atoms with Crippen LogP contribution in [0.1, 0.15) is 65.8 Å². The molecule has 162 valence electrons. The van der Waals surface area contributed by atoms with Gasteiger partial charge >= 0.3 is 5.97 Å². The second-order valence-electron chi connectivity index (χ2n) is 8.47. The van der Waals surface area contributed by atoms with Crippen molar-refractivity contribution in [2.45, 2.75) is 45.6 Å². The molecule has 31 heavy (non-hydrogen) atoms. The van der Waals surface area contributed by atoms with Crippen molar-refractivity contribution in [3.8, 4) is 0 Å². The highest BCUT2D eigenvalue weighted by atomic mass is 16.6. The Labute approximate surface area is 181 Å². The molecule has 3 aromatic rings. The summed E-state index contributed by atoms with van der Waals surface area (Å²) >= 11 is 0. The fourth-order valence-corrected chi connectivity index (χ4v) is 3.02. The summed E-state index contributed by atoms with van der Waals surface area (Å²) in [4.78, 5) is 29.1. The molecule has 1 unspecified atom stereocenters. The molecule has 1 amide bonds. The monoisotopic (exact) mass is 421 g/mol. The van der Waals surface area contributed by atoms with Gasteiger partial charge in [0.2, 0.25) is 0 Å². The molecule has 1 N–H and O–H groups in total. The smallest absolute Gasteiger partial charge is 0.338 e. The zero-order valence-electron chi connectivity index (χ0n) is 18.4. The number of rotatable bonds is 6. The summed E-state index contributed by atoms with van der Waals surface area (Å²) in [6.45, 7) is 7.47. The largest absolute Gasteiger partial charge is 0.456 e. The number of nitrogens with one attached hydrogen (secondary N) is 1. The molecule has 8 nitrogen and oxygen atoms in total. The Hall–Kier alpha value is -3.55. The van der Waals surface area contributed by atoms with Gasteiger partial charge in [0.1, 0.15) is 23.4 Å². The van der Waals surface area contributed by atoms with Gasteiger partial charge in [0, 0.05) is 25.4 Å². The molecule has 3 rings (SSSR count). The first-order valence-electron chi connectivity index (χ1n) is 10.1. The van der Waals surface area contributed by atoms with Gasteiger partial charge in [-0.25, -0.2) is 4.79 Å². The number of benzene rings is 1. The number of carbonyl (C=O) groups excluding carboxylic acids is 2. The van der Waals surface area contributed by atoms with Crippen molar-refractivity contribution >= 4 is 17.6 Å². The van der Waals surface area contributed by atoms with Crippen LogP contribution in [0.25, 0.3) is 0 Å². The Morgan fingerprint density at radius 1 is 1.19 bits per heavy atom. The van der Waals surface area contributed by atoms with Gasteiger partial charge in [-0.05, 0) is 56.5 Å².